The number of carbonyl (C=O) groups is 2. The van der Waals surface area contributed by atoms with Crippen LogP contribution in [-0.2, 0) is 23.8 Å². The Morgan fingerprint density at radius 2 is 1.45 bits per heavy atom. The van der Waals surface area contributed by atoms with E-state index < -0.39 is 24.5 Å². The molecular formula is C11H20O9. The second kappa shape index (κ2) is 11.3. The Balaban J connectivity index is 3.43. The fourth-order valence-corrected chi connectivity index (χ4v) is 0.858. The van der Waals surface area contributed by atoms with Gasteiger partial charge in [-0.05, 0) is 13.8 Å². The maximum atomic E-state index is 11.0. The molecule has 0 bridgehead atoms. The molecule has 0 saturated carbocycles. The molecule has 0 aliphatic carbocycles. The third-order valence-electron chi connectivity index (χ3n) is 1.79. The quantitative estimate of drug-likeness (QED) is 0.277. The zero-order valence-corrected chi connectivity index (χ0v) is 11.4. The highest BCUT2D eigenvalue weighted by Gasteiger charge is 2.09. The molecule has 0 saturated heterocycles. The first-order valence-electron chi connectivity index (χ1n) is 6.03. The molecule has 0 rings (SSSR count). The second-order valence-electron chi connectivity index (χ2n) is 3.94. The zero-order valence-electron chi connectivity index (χ0n) is 11.4. The Morgan fingerprint density at radius 3 is 1.90 bits per heavy atom. The summed E-state index contributed by atoms with van der Waals surface area (Å²) < 4.78 is 18.4. The molecule has 9 nitrogen and oxygen atoms in total. The molecule has 0 aliphatic heterocycles. The van der Waals surface area contributed by atoms with E-state index in [2.05, 4.69) is 23.8 Å². The largest absolute Gasteiger partial charge is 0.508 e. The van der Waals surface area contributed by atoms with E-state index in [0.717, 1.165) is 0 Å². The van der Waals surface area contributed by atoms with E-state index in [1.54, 1.807) is 0 Å². The first kappa shape index (κ1) is 18.4. The highest BCUT2D eigenvalue weighted by Crippen LogP contribution is 1.95. The van der Waals surface area contributed by atoms with Gasteiger partial charge in [0.25, 0.3) is 0 Å². The lowest BCUT2D eigenvalue weighted by molar-refractivity contribution is -0.280. The lowest BCUT2D eigenvalue weighted by Gasteiger charge is -2.09. The zero-order chi connectivity index (χ0) is 15.4. The van der Waals surface area contributed by atoms with Crippen molar-refractivity contribution in [2.45, 2.75) is 32.5 Å². The highest BCUT2D eigenvalue weighted by atomic mass is 17.1. The summed E-state index contributed by atoms with van der Waals surface area (Å²) in [6, 6.07) is 0. The molecule has 118 valence electrons. The van der Waals surface area contributed by atoms with Gasteiger partial charge in [0.15, 0.2) is 0 Å². The van der Waals surface area contributed by atoms with Crippen molar-refractivity contribution < 1.29 is 43.8 Å². The van der Waals surface area contributed by atoms with Crippen molar-refractivity contribution in [1.29, 1.82) is 0 Å². The number of carbonyl (C=O) groups excluding carboxylic acids is 2. The summed E-state index contributed by atoms with van der Waals surface area (Å²) >= 11 is 0. The van der Waals surface area contributed by atoms with E-state index >= 15 is 0 Å². The molecule has 2 atom stereocenters. The Morgan fingerprint density at radius 1 is 0.950 bits per heavy atom. The maximum Gasteiger partial charge on any atom is 0.508 e. The van der Waals surface area contributed by atoms with E-state index in [1.807, 2.05) is 0 Å². The molecular weight excluding hydrogens is 276 g/mol. The van der Waals surface area contributed by atoms with E-state index in [9.17, 15) is 9.59 Å². The first-order chi connectivity index (χ1) is 9.45. The minimum absolute atomic E-state index is 0.00206. The fraction of sp³-hybridized carbons (Fsp3) is 0.818. The molecule has 0 aromatic carbocycles. The van der Waals surface area contributed by atoms with Crippen LogP contribution in [0.3, 0.4) is 0 Å². The van der Waals surface area contributed by atoms with Crippen molar-refractivity contribution in [2.24, 2.45) is 0 Å². The van der Waals surface area contributed by atoms with Gasteiger partial charge in [0.1, 0.15) is 19.3 Å². The molecule has 0 fully saturated rings. The Bertz CT molecular complexity index is 279. The van der Waals surface area contributed by atoms with Gasteiger partial charge < -0.3 is 24.1 Å². The van der Waals surface area contributed by atoms with Crippen LogP contribution in [0.25, 0.3) is 0 Å². The minimum atomic E-state index is -0.911. The van der Waals surface area contributed by atoms with Crippen molar-refractivity contribution in [3.63, 3.8) is 0 Å². The summed E-state index contributed by atoms with van der Waals surface area (Å²) in [4.78, 5) is 25.8. The summed E-state index contributed by atoms with van der Waals surface area (Å²) in [5, 5.41) is 17.1. The Hall–Kier alpha value is -1.58. The summed E-state index contributed by atoms with van der Waals surface area (Å²) in [5.41, 5.74) is 0. The standard InChI is InChI=1S/C11H20O9/c1-8(12)6-18-10(13)16-4-3-5-17-11(14)19-7-9(2)20-15/h8-9,12,15H,3-7H2,1-2H3. The molecule has 0 spiro atoms. The SMILES string of the molecule is CC(O)COC(=O)OCCCOC(=O)OCC(C)OO. The number of aliphatic hydroxyl groups excluding tert-OH is 1. The number of rotatable bonds is 9. The van der Waals surface area contributed by atoms with Gasteiger partial charge in [-0.1, -0.05) is 0 Å². The summed E-state index contributed by atoms with van der Waals surface area (Å²) in [7, 11) is 0. The van der Waals surface area contributed by atoms with Crippen molar-refractivity contribution in [1.82, 2.24) is 0 Å². The Kier molecular flexibility index (Phi) is 10.4. The Labute approximate surface area is 116 Å². The van der Waals surface area contributed by atoms with E-state index in [-0.39, 0.29) is 32.8 Å². The van der Waals surface area contributed by atoms with Gasteiger partial charge >= 0.3 is 12.3 Å². The van der Waals surface area contributed by atoms with Crippen LogP contribution in [-0.4, -0.2) is 61.3 Å². The minimum Gasteiger partial charge on any atom is -0.434 e. The van der Waals surface area contributed by atoms with Gasteiger partial charge in [0, 0.05) is 6.42 Å². The average molecular weight is 296 g/mol. The predicted octanol–water partition coefficient (Wildman–Crippen LogP) is 0.942. The van der Waals surface area contributed by atoms with E-state index in [1.165, 1.54) is 13.8 Å². The highest BCUT2D eigenvalue weighted by molar-refractivity contribution is 5.60. The van der Waals surface area contributed by atoms with Gasteiger partial charge in [-0.15, -0.1) is 0 Å². The van der Waals surface area contributed by atoms with Crippen LogP contribution in [0.5, 0.6) is 0 Å². The molecule has 0 amide bonds. The monoisotopic (exact) mass is 296 g/mol. The molecule has 9 heteroatoms. The fourth-order valence-electron chi connectivity index (χ4n) is 0.858. The number of hydrogen-bond acceptors (Lipinski definition) is 9. The smallest absolute Gasteiger partial charge is 0.434 e. The van der Waals surface area contributed by atoms with Crippen LogP contribution in [0.2, 0.25) is 0 Å². The molecule has 0 aromatic rings. The van der Waals surface area contributed by atoms with Gasteiger partial charge in [-0.2, -0.15) is 0 Å². The molecule has 0 radical (unpaired) electrons. The van der Waals surface area contributed by atoms with Gasteiger partial charge in [0.2, 0.25) is 0 Å². The number of aliphatic hydroxyl groups is 1. The molecule has 2 unspecified atom stereocenters. The molecule has 0 heterocycles. The third-order valence-corrected chi connectivity index (χ3v) is 1.79. The number of ether oxygens (including phenoxy) is 4. The van der Waals surface area contributed by atoms with Crippen molar-refractivity contribution in [3.05, 3.63) is 0 Å². The van der Waals surface area contributed by atoms with Crippen LogP contribution in [0.4, 0.5) is 9.59 Å². The lowest BCUT2D eigenvalue weighted by atomic mass is 10.4. The summed E-state index contributed by atoms with van der Waals surface area (Å²) in [5.74, 6) is 0. The maximum absolute atomic E-state index is 11.0. The van der Waals surface area contributed by atoms with Gasteiger partial charge in [-0.25, -0.2) is 14.5 Å². The molecule has 2 N–H and O–H groups in total. The normalized spacial score (nSPS) is 13.2. The van der Waals surface area contributed by atoms with Crippen LogP contribution >= 0.6 is 0 Å². The molecule has 20 heavy (non-hydrogen) atoms. The topological polar surface area (TPSA) is 121 Å². The summed E-state index contributed by atoms with van der Waals surface area (Å²) in [6.45, 7) is 2.68. The predicted molar refractivity (Wildman–Crippen MR) is 64.1 cm³/mol. The van der Waals surface area contributed by atoms with Gasteiger partial charge in [-0.3, -0.25) is 5.26 Å². The van der Waals surface area contributed by atoms with Crippen molar-refractivity contribution in [3.8, 4) is 0 Å². The van der Waals surface area contributed by atoms with E-state index in [0.29, 0.717) is 0 Å². The lowest BCUT2D eigenvalue weighted by Crippen LogP contribution is -2.19. The molecule has 0 aliphatic rings. The van der Waals surface area contributed by atoms with Crippen LogP contribution in [0, 0.1) is 0 Å². The first-order valence-corrected chi connectivity index (χ1v) is 6.03. The third kappa shape index (κ3) is 11.5. The van der Waals surface area contributed by atoms with Crippen LogP contribution in [0.15, 0.2) is 0 Å². The van der Waals surface area contributed by atoms with Crippen molar-refractivity contribution >= 4 is 12.3 Å². The summed E-state index contributed by atoms with van der Waals surface area (Å²) in [6.07, 6.45) is -2.95. The van der Waals surface area contributed by atoms with E-state index in [4.69, 9.17) is 10.4 Å². The average Bonchev–Trinajstić information content (AvgIpc) is 2.41. The van der Waals surface area contributed by atoms with Crippen LogP contribution in [0.1, 0.15) is 20.3 Å². The van der Waals surface area contributed by atoms with Gasteiger partial charge in [0.05, 0.1) is 19.3 Å². The molecule has 0 aromatic heterocycles. The number of hydrogen-bond donors (Lipinski definition) is 2. The second-order valence-corrected chi connectivity index (χ2v) is 3.94. The van der Waals surface area contributed by atoms with Crippen LogP contribution < -0.4 is 0 Å². The van der Waals surface area contributed by atoms with Crippen molar-refractivity contribution in [2.75, 3.05) is 26.4 Å².